The first kappa shape index (κ1) is 31.4. The molecule has 0 aliphatic rings. The number of aryl methyl sites for hydroxylation is 3. The Kier molecular flexibility index (Phi) is 14.1. The summed E-state index contributed by atoms with van der Waals surface area (Å²) in [6, 6.07) is 20.1. The Labute approximate surface area is 227 Å². The molecule has 2 heterocycles. The number of benzene rings is 2. The Bertz CT molecular complexity index is 1350. The molecule has 0 bridgehead atoms. The molecule has 0 amide bonds. The molecule has 0 unspecified atom stereocenters. The predicted octanol–water partition coefficient (Wildman–Crippen LogP) is 8.03. The van der Waals surface area contributed by atoms with E-state index in [9.17, 15) is 0 Å². The van der Waals surface area contributed by atoms with Crippen LogP contribution in [-0.2, 0) is 0 Å². The van der Waals surface area contributed by atoms with Crippen LogP contribution in [0.4, 0.5) is 5.82 Å². The Balaban J connectivity index is 0.000000319. The number of pyridine rings is 1. The first-order valence-electron chi connectivity index (χ1n) is 12.4. The quantitative estimate of drug-likeness (QED) is 0.140. The minimum absolute atomic E-state index is 0.829. The first-order valence-corrected chi connectivity index (χ1v) is 12.4. The zero-order valence-electron chi connectivity index (χ0n) is 23.3. The Morgan fingerprint density at radius 3 is 2.24 bits per heavy atom. The largest absolute Gasteiger partial charge is 0.373 e. The fourth-order valence-electron chi connectivity index (χ4n) is 3.42. The normalized spacial score (nSPS) is 9.97. The summed E-state index contributed by atoms with van der Waals surface area (Å²) in [5.41, 5.74) is 6.39. The summed E-state index contributed by atoms with van der Waals surface area (Å²) in [5, 5.41) is 22.6. The molecular formula is C32H40N6. The van der Waals surface area contributed by atoms with Crippen molar-refractivity contribution in [1.29, 1.82) is 10.8 Å². The number of nitrogens with one attached hydrogen (secondary N) is 3. The highest BCUT2D eigenvalue weighted by Gasteiger charge is 2.10. The fourth-order valence-corrected chi connectivity index (χ4v) is 3.42. The molecular weight excluding hydrogens is 468 g/mol. The molecule has 0 aliphatic heterocycles. The summed E-state index contributed by atoms with van der Waals surface area (Å²) in [6.45, 7) is 17.7. The van der Waals surface area contributed by atoms with Gasteiger partial charge in [0.15, 0.2) is 5.82 Å². The van der Waals surface area contributed by atoms with Crippen molar-refractivity contribution >= 4 is 29.1 Å². The maximum atomic E-state index is 6.96. The van der Waals surface area contributed by atoms with E-state index >= 15 is 0 Å². The van der Waals surface area contributed by atoms with Crippen LogP contribution in [0.1, 0.15) is 35.7 Å². The van der Waals surface area contributed by atoms with Crippen molar-refractivity contribution in [2.24, 2.45) is 0 Å². The number of allylic oxidation sites excluding steroid dienone is 3. The minimum Gasteiger partial charge on any atom is -0.373 e. The molecule has 3 N–H and O–H groups in total. The third-order valence-electron chi connectivity index (χ3n) is 5.41. The molecule has 6 nitrogen and oxygen atoms in total. The summed E-state index contributed by atoms with van der Waals surface area (Å²) in [7, 11) is 1.86. The van der Waals surface area contributed by atoms with Crippen LogP contribution in [0.15, 0.2) is 98.1 Å². The van der Waals surface area contributed by atoms with Gasteiger partial charge in [-0.25, -0.2) is 9.67 Å². The lowest BCUT2D eigenvalue weighted by Gasteiger charge is -2.05. The summed E-state index contributed by atoms with van der Waals surface area (Å²) in [4.78, 5) is 4.54. The van der Waals surface area contributed by atoms with Crippen LogP contribution in [0, 0.1) is 31.6 Å². The van der Waals surface area contributed by atoms with Crippen LogP contribution >= 0.6 is 0 Å². The highest BCUT2D eigenvalue weighted by atomic mass is 15.3. The van der Waals surface area contributed by atoms with Gasteiger partial charge in [0.05, 0.1) is 11.2 Å². The highest BCUT2D eigenvalue weighted by Crippen LogP contribution is 2.22. The van der Waals surface area contributed by atoms with E-state index < -0.39 is 0 Å². The lowest BCUT2D eigenvalue weighted by Crippen LogP contribution is -2.02. The van der Waals surface area contributed by atoms with Gasteiger partial charge in [0.1, 0.15) is 5.82 Å². The molecule has 4 rings (SSSR count). The van der Waals surface area contributed by atoms with Gasteiger partial charge in [0.2, 0.25) is 0 Å². The second-order valence-corrected chi connectivity index (χ2v) is 8.11. The second kappa shape index (κ2) is 17.0. The number of hydrogen-bond acceptors (Lipinski definition) is 5. The molecule has 0 saturated carbocycles. The van der Waals surface area contributed by atoms with Gasteiger partial charge in [0.25, 0.3) is 0 Å². The SMILES string of the molecule is C=C.C=C/C(C=N)=C/CC.CNc1cccc(-n2nc(C)c3ccc(C)cc32)n1.Cc1ccccc1C=N. The van der Waals surface area contributed by atoms with E-state index in [1.54, 1.807) is 6.08 Å². The van der Waals surface area contributed by atoms with E-state index in [0.717, 1.165) is 46.0 Å². The van der Waals surface area contributed by atoms with Gasteiger partial charge in [0, 0.05) is 24.9 Å². The van der Waals surface area contributed by atoms with Crippen molar-refractivity contribution in [3.8, 4) is 5.82 Å². The lowest BCUT2D eigenvalue weighted by atomic mass is 10.1. The predicted molar refractivity (Wildman–Crippen MR) is 166 cm³/mol. The van der Waals surface area contributed by atoms with E-state index in [1.165, 1.54) is 23.4 Å². The van der Waals surface area contributed by atoms with Crippen LogP contribution in [-0.4, -0.2) is 34.2 Å². The van der Waals surface area contributed by atoms with Gasteiger partial charge >= 0.3 is 0 Å². The third kappa shape index (κ3) is 9.13. The molecule has 38 heavy (non-hydrogen) atoms. The van der Waals surface area contributed by atoms with E-state index in [1.807, 2.05) is 81.0 Å². The topological polar surface area (TPSA) is 90.4 Å². The van der Waals surface area contributed by atoms with E-state index in [-0.39, 0.29) is 0 Å². The van der Waals surface area contributed by atoms with Gasteiger partial charge in [-0.15, -0.1) is 13.2 Å². The summed E-state index contributed by atoms with van der Waals surface area (Å²) in [5.74, 6) is 1.67. The maximum absolute atomic E-state index is 6.96. The van der Waals surface area contributed by atoms with E-state index in [4.69, 9.17) is 10.8 Å². The Morgan fingerprint density at radius 2 is 1.71 bits per heavy atom. The van der Waals surface area contributed by atoms with Gasteiger partial charge in [-0.3, -0.25) is 0 Å². The van der Waals surface area contributed by atoms with E-state index in [2.05, 4.69) is 60.3 Å². The van der Waals surface area contributed by atoms with Crippen molar-refractivity contribution < 1.29 is 0 Å². The average molecular weight is 509 g/mol. The Hall–Kier alpha value is -4.58. The number of anilines is 1. The van der Waals surface area contributed by atoms with Gasteiger partial charge in [-0.05, 0) is 67.7 Å². The lowest BCUT2D eigenvalue weighted by molar-refractivity contribution is 0.858. The fraction of sp³-hybridized carbons (Fsp3) is 0.188. The third-order valence-corrected chi connectivity index (χ3v) is 5.41. The molecule has 4 aromatic rings. The number of fused-ring (bicyclic) bond motifs is 1. The summed E-state index contributed by atoms with van der Waals surface area (Å²) < 4.78 is 1.90. The molecule has 2 aromatic carbocycles. The second-order valence-electron chi connectivity index (χ2n) is 8.11. The van der Waals surface area contributed by atoms with Crippen molar-refractivity contribution in [3.05, 3.63) is 121 Å². The molecule has 6 heteroatoms. The standard InChI is InChI=1S/C15H16N4.C8H9N.C7H11N.C2H4/c1-10-7-8-12-11(2)18-19(13(12)9-10)15-6-4-5-14(16-3)17-15;1-7-4-2-3-5-8(7)6-9;1-3-5-7(4-2)6-8;1-2/h4-9H,1-3H3,(H,16,17);2-6,9H,1H3;4-6,8H,2-3H2,1H3;1-2H2/b;;7-5-,8-6?;. The molecule has 0 aliphatic carbocycles. The molecule has 2 aromatic heterocycles. The number of hydrogen-bond donors (Lipinski definition) is 3. The van der Waals surface area contributed by atoms with Gasteiger partial charge < -0.3 is 16.1 Å². The smallest absolute Gasteiger partial charge is 0.156 e. The molecule has 0 saturated heterocycles. The number of rotatable bonds is 6. The van der Waals surface area contributed by atoms with Crippen LogP contribution in [0.25, 0.3) is 16.7 Å². The zero-order chi connectivity index (χ0) is 28.5. The Morgan fingerprint density at radius 1 is 1.00 bits per heavy atom. The molecule has 0 fully saturated rings. The van der Waals surface area contributed by atoms with Crippen molar-refractivity contribution in [1.82, 2.24) is 14.8 Å². The van der Waals surface area contributed by atoms with Crippen LogP contribution in [0.3, 0.4) is 0 Å². The number of aromatic nitrogens is 3. The van der Waals surface area contributed by atoms with E-state index in [0.29, 0.717) is 0 Å². The first-order chi connectivity index (χ1) is 18.4. The average Bonchev–Trinajstić information content (AvgIpc) is 3.29. The summed E-state index contributed by atoms with van der Waals surface area (Å²) >= 11 is 0. The zero-order valence-corrected chi connectivity index (χ0v) is 23.3. The molecule has 198 valence electrons. The molecule has 0 radical (unpaired) electrons. The van der Waals surface area contributed by atoms with Gasteiger partial charge in [-0.1, -0.05) is 68.1 Å². The monoisotopic (exact) mass is 508 g/mol. The van der Waals surface area contributed by atoms with Gasteiger partial charge in [-0.2, -0.15) is 5.10 Å². The van der Waals surface area contributed by atoms with Crippen molar-refractivity contribution in [3.63, 3.8) is 0 Å². The minimum atomic E-state index is 0.829. The molecule has 0 atom stereocenters. The maximum Gasteiger partial charge on any atom is 0.156 e. The van der Waals surface area contributed by atoms with Crippen molar-refractivity contribution in [2.45, 2.75) is 34.1 Å². The highest BCUT2D eigenvalue weighted by molar-refractivity contribution is 5.84. The molecule has 0 spiro atoms. The van der Waals surface area contributed by atoms with Crippen molar-refractivity contribution in [2.75, 3.05) is 12.4 Å². The number of nitrogens with zero attached hydrogens (tertiary/aromatic N) is 3. The van der Waals surface area contributed by atoms with Crippen LogP contribution in [0.2, 0.25) is 0 Å². The van der Waals surface area contributed by atoms with Crippen LogP contribution in [0.5, 0.6) is 0 Å². The summed E-state index contributed by atoms with van der Waals surface area (Å²) in [6.07, 6.45) is 7.28. The van der Waals surface area contributed by atoms with Crippen LogP contribution < -0.4 is 5.32 Å².